The number of fused-ring (bicyclic) bond motifs is 1. The molecule has 3 aromatic rings. The molecule has 2 heterocycles. The molecule has 1 N–H and O–H groups in total. The van der Waals surface area contributed by atoms with Gasteiger partial charge in [-0.15, -0.1) is 0 Å². The second-order valence-corrected chi connectivity index (χ2v) is 4.24. The number of hydrogen-bond acceptors (Lipinski definition) is 3. The predicted molar refractivity (Wildman–Crippen MR) is 70.2 cm³/mol. The van der Waals surface area contributed by atoms with E-state index in [1.54, 1.807) is 6.26 Å². The molecule has 1 atom stereocenters. The van der Waals surface area contributed by atoms with Crippen LogP contribution >= 0.6 is 0 Å². The summed E-state index contributed by atoms with van der Waals surface area (Å²) in [5, 5.41) is 3.27. The van der Waals surface area contributed by atoms with Crippen LogP contribution in [-0.4, -0.2) is 16.6 Å². The minimum atomic E-state index is 0.151. The number of nitrogens with zero attached hydrogens (tertiary/aromatic N) is 2. The van der Waals surface area contributed by atoms with E-state index in [0.29, 0.717) is 0 Å². The number of para-hydroxylation sites is 2. The molecule has 0 fully saturated rings. The number of imidazole rings is 1. The normalized spacial score (nSPS) is 12.9. The van der Waals surface area contributed by atoms with Gasteiger partial charge in [-0.1, -0.05) is 12.1 Å². The van der Waals surface area contributed by atoms with Gasteiger partial charge in [-0.2, -0.15) is 0 Å². The molecule has 4 nitrogen and oxygen atoms in total. The molecule has 4 heteroatoms. The highest BCUT2D eigenvalue weighted by molar-refractivity contribution is 5.74. The van der Waals surface area contributed by atoms with Crippen molar-refractivity contribution >= 4 is 11.0 Å². The average molecular weight is 241 g/mol. The third-order valence-electron chi connectivity index (χ3n) is 3.14. The molecule has 0 aliphatic rings. The summed E-state index contributed by atoms with van der Waals surface area (Å²) in [5.41, 5.74) is 2.16. The fourth-order valence-electron chi connectivity index (χ4n) is 2.17. The van der Waals surface area contributed by atoms with Crippen molar-refractivity contribution in [2.24, 2.45) is 0 Å². The molecule has 0 saturated heterocycles. The van der Waals surface area contributed by atoms with Gasteiger partial charge in [-0.05, 0) is 31.3 Å². The molecule has 1 aromatic carbocycles. The summed E-state index contributed by atoms with van der Waals surface area (Å²) in [6, 6.07) is 12.2. The second-order valence-electron chi connectivity index (χ2n) is 4.24. The molecule has 18 heavy (non-hydrogen) atoms. The Morgan fingerprint density at radius 2 is 2.17 bits per heavy atom. The highest BCUT2D eigenvalue weighted by Crippen LogP contribution is 2.19. The van der Waals surface area contributed by atoms with Crippen LogP contribution in [0.2, 0.25) is 0 Å². The first-order valence-corrected chi connectivity index (χ1v) is 5.99. The van der Waals surface area contributed by atoms with Gasteiger partial charge < -0.3 is 14.3 Å². The number of nitrogens with one attached hydrogen (secondary N) is 1. The number of hydrogen-bond donors (Lipinski definition) is 1. The predicted octanol–water partition coefficient (Wildman–Crippen LogP) is 2.59. The molecular formula is C14H15N3O. The van der Waals surface area contributed by atoms with E-state index in [2.05, 4.69) is 20.9 Å². The van der Waals surface area contributed by atoms with Gasteiger partial charge in [-0.25, -0.2) is 4.98 Å². The Morgan fingerprint density at radius 3 is 2.94 bits per heavy atom. The summed E-state index contributed by atoms with van der Waals surface area (Å²) >= 11 is 0. The van der Waals surface area contributed by atoms with E-state index in [0.717, 1.165) is 23.3 Å². The largest absolute Gasteiger partial charge is 0.468 e. The molecule has 3 rings (SSSR count). The number of benzene rings is 1. The molecule has 0 saturated carbocycles. The van der Waals surface area contributed by atoms with Gasteiger partial charge in [0.05, 0.1) is 29.7 Å². The lowest BCUT2D eigenvalue weighted by molar-refractivity contribution is 0.398. The lowest BCUT2D eigenvalue weighted by Crippen LogP contribution is -2.21. The maximum absolute atomic E-state index is 5.45. The third-order valence-corrected chi connectivity index (χ3v) is 3.14. The van der Waals surface area contributed by atoms with Crippen LogP contribution in [0.1, 0.15) is 11.8 Å². The first-order valence-electron chi connectivity index (χ1n) is 5.99. The Kier molecular flexibility index (Phi) is 2.86. The summed E-state index contributed by atoms with van der Waals surface area (Å²) in [6.45, 7) is 0.796. The second kappa shape index (κ2) is 4.66. The van der Waals surface area contributed by atoms with Gasteiger partial charge in [0.15, 0.2) is 0 Å². The van der Waals surface area contributed by atoms with E-state index < -0.39 is 0 Å². The fourth-order valence-corrected chi connectivity index (χ4v) is 2.17. The highest BCUT2D eigenvalue weighted by atomic mass is 16.3. The first kappa shape index (κ1) is 11.0. The average Bonchev–Trinajstić information content (AvgIpc) is 3.06. The van der Waals surface area contributed by atoms with Crippen molar-refractivity contribution in [2.45, 2.75) is 12.6 Å². The van der Waals surface area contributed by atoms with Crippen LogP contribution < -0.4 is 5.32 Å². The Labute approximate surface area is 105 Å². The topological polar surface area (TPSA) is 43.0 Å². The zero-order chi connectivity index (χ0) is 12.4. The third kappa shape index (κ3) is 1.91. The van der Waals surface area contributed by atoms with Crippen LogP contribution in [0.4, 0.5) is 0 Å². The van der Waals surface area contributed by atoms with Crippen LogP contribution in [-0.2, 0) is 6.54 Å². The number of aromatic nitrogens is 2. The number of furan rings is 1. The van der Waals surface area contributed by atoms with E-state index in [1.165, 1.54) is 0 Å². The first-order chi connectivity index (χ1) is 8.88. The Bertz CT molecular complexity index is 627. The standard InChI is InChI=1S/C14H15N3O/c1-15-12(14-7-4-8-18-14)9-17-10-16-11-5-2-3-6-13(11)17/h2-8,10,12,15H,9H2,1H3. The van der Waals surface area contributed by atoms with Gasteiger partial charge in [0.25, 0.3) is 0 Å². The molecule has 0 spiro atoms. The molecule has 0 bridgehead atoms. The smallest absolute Gasteiger partial charge is 0.122 e. The van der Waals surface area contributed by atoms with Gasteiger partial charge >= 0.3 is 0 Å². The van der Waals surface area contributed by atoms with Gasteiger partial charge in [0.1, 0.15) is 5.76 Å². The van der Waals surface area contributed by atoms with E-state index >= 15 is 0 Å². The summed E-state index contributed by atoms with van der Waals surface area (Å²) in [6.07, 6.45) is 3.57. The quantitative estimate of drug-likeness (QED) is 0.763. The molecule has 2 aromatic heterocycles. The van der Waals surface area contributed by atoms with Crippen molar-refractivity contribution in [2.75, 3.05) is 7.05 Å². The van der Waals surface area contributed by atoms with Crippen molar-refractivity contribution < 1.29 is 4.42 Å². The van der Waals surface area contributed by atoms with E-state index in [4.69, 9.17) is 4.42 Å². The molecule has 0 aliphatic carbocycles. The van der Waals surface area contributed by atoms with Crippen LogP contribution in [0, 0.1) is 0 Å². The maximum Gasteiger partial charge on any atom is 0.122 e. The molecule has 1 unspecified atom stereocenters. The molecule has 0 amide bonds. The minimum Gasteiger partial charge on any atom is -0.468 e. The zero-order valence-corrected chi connectivity index (χ0v) is 10.2. The van der Waals surface area contributed by atoms with E-state index in [-0.39, 0.29) is 6.04 Å². The fraction of sp³-hybridized carbons (Fsp3) is 0.214. The van der Waals surface area contributed by atoms with Crippen molar-refractivity contribution in [3.63, 3.8) is 0 Å². The Hall–Kier alpha value is -2.07. The van der Waals surface area contributed by atoms with Gasteiger partial charge in [-0.3, -0.25) is 0 Å². The number of likely N-dealkylation sites (N-methyl/N-ethyl adjacent to an activating group) is 1. The summed E-state index contributed by atoms with van der Waals surface area (Å²) < 4.78 is 7.59. The van der Waals surface area contributed by atoms with Crippen molar-refractivity contribution in [1.82, 2.24) is 14.9 Å². The summed E-state index contributed by atoms with van der Waals surface area (Å²) in [4.78, 5) is 4.39. The Morgan fingerprint density at radius 1 is 1.28 bits per heavy atom. The number of rotatable bonds is 4. The lowest BCUT2D eigenvalue weighted by Gasteiger charge is -2.14. The monoisotopic (exact) mass is 241 g/mol. The van der Waals surface area contributed by atoms with E-state index in [1.807, 2.05) is 43.7 Å². The van der Waals surface area contributed by atoms with Gasteiger partial charge in [0.2, 0.25) is 0 Å². The molecule has 92 valence electrons. The van der Waals surface area contributed by atoms with Crippen LogP contribution in [0.5, 0.6) is 0 Å². The SMILES string of the molecule is CNC(Cn1cnc2ccccc21)c1ccco1. The molecular weight excluding hydrogens is 226 g/mol. The minimum absolute atomic E-state index is 0.151. The van der Waals surface area contributed by atoms with Gasteiger partial charge in [0, 0.05) is 6.54 Å². The molecule has 0 aliphatic heterocycles. The van der Waals surface area contributed by atoms with Crippen LogP contribution in [0.25, 0.3) is 11.0 Å². The molecule has 0 radical (unpaired) electrons. The summed E-state index contributed by atoms with van der Waals surface area (Å²) in [5.74, 6) is 0.940. The zero-order valence-electron chi connectivity index (χ0n) is 10.2. The Balaban J connectivity index is 1.91. The van der Waals surface area contributed by atoms with Crippen molar-refractivity contribution in [3.8, 4) is 0 Å². The highest BCUT2D eigenvalue weighted by Gasteiger charge is 2.13. The van der Waals surface area contributed by atoms with E-state index in [9.17, 15) is 0 Å². The van der Waals surface area contributed by atoms with Crippen LogP contribution in [0.3, 0.4) is 0 Å². The summed E-state index contributed by atoms with van der Waals surface area (Å²) in [7, 11) is 1.94. The maximum atomic E-state index is 5.45. The lowest BCUT2D eigenvalue weighted by atomic mass is 10.2. The van der Waals surface area contributed by atoms with Crippen molar-refractivity contribution in [3.05, 3.63) is 54.7 Å². The van der Waals surface area contributed by atoms with Crippen LogP contribution in [0.15, 0.2) is 53.4 Å². The van der Waals surface area contributed by atoms with Crippen molar-refractivity contribution in [1.29, 1.82) is 0 Å².